The Morgan fingerprint density at radius 1 is 1.53 bits per heavy atom. The minimum absolute atomic E-state index is 0.138. The van der Waals surface area contributed by atoms with Crippen LogP contribution < -0.4 is 10.6 Å². The van der Waals surface area contributed by atoms with Gasteiger partial charge in [-0.3, -0.25) is 0 Å². The van der Waals surface area contributed by atoms with Crippen molar-refractivity contribution in [3.63, 3.8) is 0 Å². The van der Waals surface area contributed by atoms with Crippen LogP contribution in [0.2, 0.25) is 0 Å². The molecule has 2 amide bonds. The van der Waals surface area contributed by atoms with Crippen LogP contribution in [0.15, 0.2) is 18.7 Å². The molecule has 17 heavy (non-hydrogen) atoms. The molecular weight excluding hydrogens is 220 g/mol. The zero-order valence-corrected chi connectivity index (χ0v) is 9.76. The molecular formula is C11H18N4O2. The van der Waals surface area contributed by atoms with Gasteiger partial charge in [0.15, 0.2) is 0 Å². The number of carbonyl (C=O) groups is 1. The molecule has 0 saturated carbocycles. The van der Waals surface area contributed by atoms with Gasteiger partial charge in [0.2, 0.25) is 0 Å². The topological polar surface area (TPSA) is 68.2 Å². The zero-order chi connectivity index (χ0) is 11.9. The predicted octanol–water partition coefficient (Wildman–Crippen LogP) is 0.361. The zero-order valence-electron chi connectivity index (χ0n) is 9.76. The van der Waals surface area contributed by atoms with Crippen molar-refractivity contribution in [2.45, 2.75) is 25.5 Å². The maximum absolute atomic E-state index is 11.4. The fourth-order valence-electron chi connectivity index (χ4n) is 1.79. The quantitative estimate of drug-likeness (QED) is 0.778. The summed E-state index contributed by atoms with van der Waals surface area (Å²) in [6, 6.07) is -0.138. The van der Waals surface area contributed by atoms with Crippen molar-refractivity contribution in [2.75, 3.05) is 19.7 Å². The molecule has 1 aromatic rings. The lowest BCUT2D eigenvalue weighted by molar-refractivity contribution is 0.111. The third kappa shape index (κ3) is 4.07. The van der Waals surface area contributed by atoms with Crippen molar-refractivity contribution in [3.8, 4) is 0 Å². The maximum Gasteiger partial charge on any atom is 0.314 e. The summed E-state index contributed by atoms with van der Waals surface area (Å²) in [7, 11) is 0. The lowest BCUT2D eigenvalue weighted by Crippen LogP contribution is -2.40. The fraction of sp³-hybridized carbons (Fsp3) is 0.636. The standard InChI is InChI=1S/C11H18N4O2/c16-11(14-8-10-2-1-7-17-10)13-4-6-15-5-3-12-9-15/h3,5,9-10H,1-2,4,6-8H2,(H2,13,14,16)/t10-/m1/s1. The van der Waals surface area contributed by atoms with E-state index in [1.807, 2.05) is 10.8 Å². The highest BCUT2D eigenvalue weighted by Gasteiger charge is 2.15. The highest BCUT2D eigenvalue weighted by Crippen LogP contribution is 2.10. The number of rotatable bonds is 5. The highest BCUT2D eigenvalue weighted by atomic mass is 16.5. The Morgan fingerprint density at radius 3 is 3.18 bits per heavy atom. The summed E-state index contributed by atoms with van der Waals surface area (Å²) in [4.78, 5) is 15.4. The summed E-state index contributed by atoms with van der Waals surface area (Å²) in [6.07, 6.45) is 7.63. The molecule has 1 fully saturated rings. The minimum atomic E-state index is -0.138. The second-order valence-electron chi connectivity index (χ2n) is 4.07. The Morgan fingerprint density at radius 2 is 2.47 bits per heavy atom. The van der Waals surface area contributed by atoms with Crippen molar-refractivity contribution >= 4 is 6.03 Å². The Labute approximate surface area is 100 Å². The molecule has 2 heterocycles. The van der Waals surface area contributed by atoms with Crippen molar-refractivity contribution in [1.29, 1.82) is 0 Å². The molecule has 6 heteroatoms. The number of imidazole rings is 1. The third-order valence-corrected chi connectivity index (χ3v) is 2.73. The van der Waals surface area contributed by atoms with E-state index in [1.165, 1.54) is 0 Å². The number of hydrogen-bond acceptors (Lipinski definition) is 3. The van der Waals surface area contributed by atoms with Crippen LogP contribution in [-0.4, -0.2) is 41.4 Å². The second-order valence-corrected chi connectivity index (χ2v) is 4.07. The number of urea groups is 1. The molecule has 6 nitrogen and oxygen atoms in total. The summed E-state index contributed by atoms with van der Waals surface area (Å²) >= 11 is 0. The van der Waals surface area contributed by atoms with Crippen LogP contribution in [-0.2, 0) is 11.3 Å². The van der Waals surface area contributed by atoms with Gasteiger partial charge in [-0.2, -0.15) is 0 Å². The lowest BCUT2D eigenvalue weighted by atomic mass is 10.2. The third-order valence-electron chi connectivity index (χ3n) is 2.73. The molecule has 1 aliphatic rings. The van der Waals surface area contributed by atoms with E-state index < -0.39 is 0 Å². The van der Waals surface area contributed by atoms with Crippen LogP contribution in [0.3, 0.4) is 0 Å². The largest absolute Gasteiger partial charge is 0.376 e. The highest BCUT2D eigenvalue weighted by molar-refractivity contribution is 5.73. The first-order valence-electron chi connectivity index (χ1n) is 5.93. The average molecular weight is 238 g/mol. The van der Waals surface area contributed by atoms with E-state index in [2.05, 4.69) is 15.6 Å². The van der Waals surface area contributed by atoms with Crippen molar-refractivity contribution in [1.82, 2.24) is 20.2 Å². The summed E-state index contributed by atoms with van der Waals surface area (Å²) in [5, 5.41) is 5.60. The maximum atomic E-state index is 11.4. The van der Waals surface area contributed by atoms with E-state index in [0.29, 0.717) is 13.1 Å². The normalized spacial score (nSPS) is 19.2. The summed E-state index contributed by atoms with van der Waals surface area (Å²) < 4.78 is 7.33. The molecule has 2 rings (SSSR count). The Bertz CT molecular complexity index is 333. The number of hydrogen-bond donors (Lipinski definition) is 2. The summed E-state index contributed by atoms with van der Waals surface area (Å²) in [5.41, 5.74) is 0. The van der Waals surface area contributed by atoms with Gasteiger partial charge in [0.25, 0.3) is 0 Å². The van der Waals surface area contributed by atoms with Gasteiger partial charge in [-0.05, 0) is 12.8 Å². The van der Waals surface area contributed by atoms with Gasteiger partial charge in [-0.25, -0.2) is 9.78 Å². The Hall–Kier alpha value is -1.56. The average Bonchev–Trinajstić information content (AvgIpc) is 2.99. The van der Waals surface area contributed by atoms with Crippen LogP contribution >= 0.6 is 0 Å². The predicted molar refractivity (Wildman–Crippen MR) is 62.6 cm³/mol. The molecule has 0 radical (unpaired) electrons. The lowest BCUT2D eigenvalue weighted by Gasteiger charge is -2.11. The van der Waals surface area contributed by atoms with Gasteiger partial charge in [0.1, 0.15) is 0 Å². The fourth-order valence-corrected chi connectivity index (χ4v) is 1.79. The van der Waals surface area contributed by atoms with Gasteiger partial charge in [-0.15, -0.1) is 0 Å². The van der Waals surface area contributed by atoms with Crippen LogP contribution in [0.5, 0.6) is 0 Å². The smallest absolute Gasteiger partial charge is 0.314 e. The monoisotopic (exact) mass is 238 g/mol. The van der Waals surface area contributed by atoms with E-state index in [-0.39, 0.29) is 12.1 Å². The Kier molecular flexibility index (Phi) is 4.37. The van der Waals surface area contributed by atoms with Crippen LogP contribution in [0, 0.1) is 0 Å². The number of nitrogens with one attached hydrogen (secondary N) is 2. The molecule has 0 bridgehead atoms. The molecule has 0 spiro atoms. The summed E-state index contributed by atoms with van der Waals surface area (Å²) in [5.74, 6) is 0. The van der Waals surface area contributed by atoms with Crippen molar-refractivity contribution < 1.29 is 9.53 Å². The number of amides is 2. The van der Waals surface area contributed by atoms with Gasteiger partial charge in [0, 0.05) is 38.6 Å². The molecule has 0 unspecified atom stereocenters. The van der Waals surface area contributed by atoms with Gasteiger partial charge in [0.05, 0.1) is 12.4 Å². The Balaban J connectivity index is 1.54. The number of carbonyl (C=O) groups excluding carboxylic acids is 1. The molecule has 0 aliphatic carbocycles. The van der Waals surface area contributed by atoms with E-state index in [0.717, 1.165) is 26.0 Å². The molecule has 1 aliphatic heterocycles. The number of aromatic nitrogens is 2. The molecule has 0 aromatic carbocycles. The van der Waals surface area contributed by atoms with Gasteiger partial charge < -0.3 is 19.9 Å². The van der Waals surface area contributed by atoms with E-state index in [9.17, 15) is 4.79 Å². The van der Waals surface area contributed by atoms with Gasteiger partial charge in [-0.1, -0.05) is 0 Å². The van der Waals surface area contributed by atoms with E-state index >= 15 is 0 Å². The SMILES string of the molecule is O=C(NCCn1ccnc1)NC[C@H]1CCCO1. The summed E-state index contributed by atoms with van der Waals surface area (Å²) in [6.45, 7) is 2.73. The first kappa shape index (κ1) is 11.9. The minimum Gasteiger partial charge on any atom is -0.376 e. The van der Waals surface area contributed by atoms with Crippen LogP contribution in [0.25, 0.3) is 0 Å². The van der Waals surface area contributed by atoms with E-state index in [1.54, 1.807) is 12.5 Å². The van der Waals surface area contributed by atoms with E-state index in [4.69, 9.17) is 4.74 Å². The molecule has 1 atom stereocenters. The molecule has 1 saturated heterocycles. The first-order valence-corrected chi connectivity index (χ1v) is 5.93. The van der Waals surface area contributed by atoms with Crippen LogP contribution in [0.1, 0.15) is 12.8 Å². The molecule has 94 valence electrons. The van der Waals surface area contributed by atoms with Crippen LogP contribution in [0.4, 0.5) is 4.79 Å². The van der Waals surface area contributed by atoms with Crippen molar-refractivity contribution in [2.24, 2.45) is 0 Å². The van der Waals surface area contributed by atoms with Gasteiger partial charge >= 0.3 is 6.03 Å². The van der Waals surface area contributed by atoms with Crippen molar-refractivity contribution in [3.05, 3.63) is 18.7 Å². The number of nitrogens with zero attached hydrogens (tertiary/aromatic N) is 2. The molecule has 2 N–H and O–H groups in total. The second kappa shape index (κ2) is 6.24. The molecule has 1 aromatic heterocycles. The first-order chi connectivity index (χ1) is 8.34. The number of ether oxygens (including phenoxy) is 1.